The predicted octanol–water partition coefficient (Wildman–Crippen LogP) is 2.94. The number of halogens is 1. The van der Waals surface area contributed by atoms with Gasteiger partial charge in [0.25, 0.3) is 5.91 Å². The average molecular weight is 451 g/mol. The molecule has 0 bridgehead atoms. The number of hydrogen-bond acceptors (Lipinski definition) is 6. The molecule has 0 saturated carbocycles. The summed E-state index contributed by atoms with van der Waals surface area (Å²) in [5.74, 6) is -1.90. The van der Waals surface area contributed by atoms with E-state index in [0.29, 0.717) is 4.70 Å². The lowest BCUT2D eigenvalue weighted by molar-refractivity contribution is -0.141. The molecule has 0 aliphatic heterocycles. The van der Waals surface area contributed by atoms with Crippen molar-refractivity contribution in [3.05, 3.63) is 58.6 Å². The van der Waals surface area contributed by atoms with Crippen molar-refractivity contribution in [1.82, 2.24) is 4.57 Å². The highest BCUT2D eigenvalue weighted by Gasteiger charge is 2.21. The second-order valence-electron chi connectivity index (χ2n) is 6.67. The van der Waals surface area contributed by atoms with Gasteiger partial charge in [-0.2, -0.15) is 4.99 Å². The van der Waals surface area contributed by atoms with Crippen LogP contribution in [0, 0.1) is 5.82 Å². The SMILES string of the molecule is COC(=O)Cn1c(=NC(=O)c2cccc(S(=O)(=O)C(C)C)c2)sc2cccc(F)c21. The van der Waals surface area contributed by atoms with Crippen LogP contribution in [-0.4, -0.2) is 37.2 Å². The molecule has 3 rings (SSSR count). The molecule has 1 aromatic heterocycles. The third-order valence-electron chi connectivity index (χ3n) is 4.39. The van der Waals surface area contributed by atoms with E-state index in [2.05, 4.69) is 9.73 Å². The number of carbonyl (C=O) groups excluding carboxylic acids is 2. The average Bonchev–Trinajstić information content (AvgIpc) is 3.05. The molecule has 30 heavy (non-hydrogen) atoms. The maximum Gasteiger partial charge on any atom is 0.325 e. The quantitative estimate of drug-likeness (QED) is 0.557. The van der Waals surface area contributed by atoms with Crippen molar-refractivity contribution in [3.8, 4) is 0 Å². The van der Waals surface area contributed by atoms with E-state index >= 15 is 0 Å². The van der Waals surface area contributed by atoms with Crippen LogP contribution < -0.4 is 4.80 Å². The third kappa shape index (κ3) is 4.19. The van der Waals surface area contributed by atoms with Gasteiger partial charge in [0.15, 0.2) is 14.6 Å². The second kappa shape index (κ2) is 8.49. The van der Waals surface area contributed by atoms with Crippen molar-refractivity contribution in [2.45, 2.75) is 30.5 Å². The largest absolute Gasteiger partial charge is 0.468 e. The Morgan fingerprint density at radius 2 is 1.90 bits per heavy atom. The highest BCUT2D eigenvalue weighted by molar-refractivity contribution is 7.92. The predicted molar refractivity (Wildman–Crippen MR) is 110 cm³/mol. The number of aromatic nitrogens is 1. The van der Waals surface area contributed by atoms with Gasteiger partial charge in [0, 0.05) is 5.56 Å². The Labute approximate surface area is 176 Å². The van der Waals surface area contributed by atoms with E-state index in [-0.39, 0.29) is 27.3 Å². The van der Waals surface area contributed by atoms with Crippen molar-refractivity contribution in [3.63, 3.8) is 0 Å². The van der Waals surface area contributed by atoms with Crippen molar-refractivity contribution >= 4 is 43.3 Å². The van der Waals surface area contributed by atoms with Crippen LogP contribution in [-0.2, 0) is 25.9 Å². The molecule has 1 heterocycles. The fraction of sp³-hybridized carbons (Fsp3) is 0.250. The zero-order chi connectivity index (χ0) is 22.1. The Hall–Kier alpha value is -2.85. The van der Waals surface area contributed by atoms with E-state index in [4.69, 9.17) is 0 Å². The van der Waals surface area contributed by atoms with E-state index < -0.39 is 32.8 Å². The normalized spacial score (nSPS) is 12.5. The summed E-state index contributed by atoms with van der Waals surface area (Å²) in [7, 11) is -2.36. The molecule has 0 saturated heterocycles. The topological polar surface area (TPSA) is 94.8 Å². The summed E-state index contributed by atoms with van der Waals surface area (Å²) >= 11 is 1.04. The number of amides is 1. The maximum absolute atomic E-state index is 14.4. The highest BCUT2D eigenvalue weighted by Crippen LogP contribution is 2.21. The fourth-order valence-corrected chi connectivity index (χ4v) is 4.89. The summed E-state index contributed by atoms with van der Waals surface area (Å²) in [5.41, 5.74) is 0.204. The molecule has 0 fully saturated rings. The first-order chi connectivity index (χ1) is 14.1. The van der Waals surface area contributed by atoms with E-state index in [1.165, 1.54) is 48.1 Å². The number of nitrogens with zero attached hydrogens (tertiary/aromatic N) is 2. The van der Waals surface area contributed by atoms with Crippen LogP contribution in [0.15, 0.2) is 52.4 Å². The minimum Gasteiger partial charge on any atom is -0.468 e. The highest BCUT2D eigenvalue weighted by atomic mass is 32.2. The lowest BCUT2D eigenvalue weighted by atomic mass is 10.2. The summed E-state index contributed by atoms with van der Waals surface area (Å²) in [5, 5.41) is -0.646. The Morgan fingerprint density at radius 3 is 2.57 bits per heavy atom. The van der Waals surface area contributed by atoms with E-state index in [9.17, 15) is 22.4 Å². The molecule has 1 amide bonds. The third-order valence-corrected chi connectivity index (χ3v) is 7.59. The van der Waals surface area contributed by atoms with Gasteiger partial charge in [-0.05, 0) is 44.2 Å². The molecule has 0 atom stereocenters. The lowest BCUT2D eigenvalue weighted by Gasteiger charge is -2.08. The van der Waals surface area contributed by atoms with Crippen LogP contribution >= 0.6 is 11.3 Å². The summed E-state index contributed by atoms with van der Waals surface area (Å²) in [6.45, 7) is 2.77. The Kier molecular flexibility index (Phi) is 6.18. The van der Waals surface area contributed by atoms with Crippen molar-refractivity contribution in [2.24, 2.45) is 4.99 Å². The van der Waals surface area contributed by atoms with Crippen LogP contribution in [0.2, 0.25) is 0 Å². The first-order valence-electron chi connectivity index (χ1n) is 8.93. The molecule has 158 valence electrons. The van der Waals surface area contributed by atoms with Gasteiger partial charge in [-0.25, -0.2) is 12.8 Å². The molecule has 0 aliphatic rings. The van der Waals surface area contributed by atoms with Gasteiger partial charge in [-0.1, -0.05) is 23.5 Å². The minimum atomic E-state index is -3.57. The van der Waals surface area contributed by atoms with Crippen LogP contribution in [0.3, 0.4) is 0 Å². The van der Waals surface area contributed by atoms with Crippen LogP contribution in [0.5, 0.6) is 0 Å². The van der Waals surface area contributed by atoms with Crippen LogP contribution in [0.1, 0.15) is 24.2 Å². The van der Waals surface area contributed by atoms with Gasteiger partial charge in [-0.3, -0.25) is 9.59 Å². The summed E-state index contributed by atoms with van der Waals surface area (Å²) < 4.78 is 45.6. The van der Waals surface area contributed by atoms with Crippen LogP contribution in [0.25, 0.3) is 10.2 Å². The van der Waals surface area contributed by atoms with Gasteiger partial charge >= 0.3 is 5.97 Å². The molecule has 0 unspecified atom stereocenters. The monoisotopic (exact) mass is 450 g/mol. The van der Waals surface area contributed by atoms with Gasteiger partial charge in [0.2, 0.25) is 0 Å². The standard InChI is InChI=1S/C20H19FN2O5S2/c1-12(2)30(26,27)14-7-4-6-13(10-14)19(25)22-20-23(11-17(24)28-3)18-15(21)8-5-9-16(18)29-20/h4-10,12H,11H2,1-3H3. The van der Waals surface area contributed by atoms with E-state index in [1.807, 2.05) is 0 Å². The van der Waals surface area contributed by atoms with Gasteiger partial charge in [-0.15, -0.1) is 0 Å². The Balaban J connectivity index is 2.14. The maximum atomic E-state index is 14.4. The zero-order valence-electron chi connectivity index (χ0n) is 16.5. The summed E-state index contributed by atoms with van der Waals surface area (Å²) in [6.07, 6.45) is 0. The number of esters is 1. The second-order valence-corrected chi connectivity index (χ2v) is 10.2. The lowest BCUT2D eigenvalue weighted by Crippen LogP contribution is -2.23. The molecule has 0 aliphatic carbocycles. The number of hydrogen-bond donors (Lipinski definition) is 0. The number of thiazole rings is 1. The Bertz CT molecular complexity index is 1310. The first kappa shape index (κ1) is 21.8. The number of rotatable bonds is 5. The Morgan fingerprint density at radius 1 is 1.20 bits per heavy atom. The van der Waals surface area contributed by atoms with Crippen molar-refractivity contribution in [1.29, 1.82) is 0 Å². The smallest absolute Gasteiger partial charge is 0.325 e. The minimum absolute atomic E-state index is 0.0170. The molecule has 7 nitrogen and oxygen atoms in total. The molecule has 10 heteroatoms. The van der Waals surface area contributed by atoms with E-state index in [1.54, 1.807) is 19.9 Å². The number of benzene rings is 2. The molecule has 0 N–H and O–H groups in total. The summed E-state index contributed by atoms with van der Waals surface area (Å²) in [4.78, 5) is 28.7. The number of ether oxygens (including phenoxy) is 1. The van der Waals surface area contributed by atoms with Crippen LogP contribution in [0.4, 0.5) is 4.39 Å². The summed E-state index contributed by atoms with van der Waals surface area (Å²) in [6, 6.07) is 10.0. The molecule has 0 radical (unpaired) electrons. The van der Waals surface area contributed by atoms with Crippen molar-refractivity contribution in [2.75, 3.05) is 7.11 Å². The number of para-hydroxylation sites is 1. The molecule has 2 aromatic carbocycles. The number of sulfone groups is 1. The number of methoxy groups -OCH3 is 1. The molecule has 0 spiro atoms. The first-order valence-corrected chi connectivity index (χ1v) is 11.3. The number of fused-ring (bicyclic) bond motifs is 1. The van der Waals surface area contributed by atoms with Gasteiger partial charge in [0.1, 0.15) is 12.4 Å². The van der Waals surface area contributed by atoms with Crippen molar-refractivity contribution < 1.29 is 27.1 Å². The van der Waals surface area contributed by atoms with Gasteiger partial charge in [0.05, 0.1) is 27.5 Å². The zero-order valence-corrected chi connectivity index (χ0v) is 18.1. The number of carbonyl (C=O) groups is 2. The molecular weight excluding hydrogens is 431 g/mol. The van der Waals surface area contributed by atoms with Gasteiger partial charge < -0.3 is 9.30 Å². The molecular formula is C20H19FN2O5S2. The van der Waals surface area contributed by atoms with E-state index in [0.717, 1.165) is 11.3 Å². The molecule has 3 aromatic rings. The fourth-order valence-electron chi connectivity index (χ4n) is 2.74.